The minimum absolute atomic E-state index is 0.0406. The van der Waals surface area contributed by atoms with Gasteiger partial charge in [-0.05, 0) is 76.1 Å². The summed E-state index contributed by atoms with van der Waals surface area (Å²) in [6, 6.07) is 17.2. The predicted octanol–water partition coefficient (Wildman–Crippen LogP) is 6.38. The third kappa shape index (κ3) is 4.40. The lowest BCUT2D eigenvalue weighted by atomic mass is 9.74. The Bertz CT molecular complexity index is 1200. The number of aliphatic carboxylic acids is 1. The second-order valence-electron chi connectivity index (χ2n) is 10.9. The quantitative estimate of drug-likeness (QED) is 0.289. The molecule has 1 unspecified atom stereocenters. The van der Waals surface area contributed by atoms with Crippen LogP contribution in [-0.2, 0) is 16.0 Å². The van der Waals surface area contributed by atoms with Gasteiger partial charge < -0.3 is 14.6 Å². The fourth-order valence-electron chi connectivity index (χ4n) is 6.41. The number of fused-ring (bicyclic) bond motifs is 4. The molecule has 0 aliphatic heterocycles. The molecule has 3 aromatic carbocycles. The molecule has 0 spiro atoms. The van der Waals surface area contributed by atoms with Crippen LogP contribution in [0.2, 0.25) is 0 Å². The molecule has 1 fully saturated rings. The van der Waals surface area contributed by atoms with Gasteiger partial charge in [0, 0.05) is 10.7 Å². The SMILES string of the molecule is CC(C)[C@@H]1CC[C@@H](C)C[C@H]1OC(C(=O)[O-])[C@H]1c2cc3ccc4ccccc4c3cc2CC[C@H]1Br. The summed E-state index contributed by atoms with van der Waals surface area (Å²) in [5.74, 6) is 0.0442. The number of carboxylic acids is 1. The number of ether oxygens (including phenoxy) is 1. The van der Waals surface area contributed by atoms with Gasteiger partial charge in [0.25, 0.3) is 0 Å². The monoisotopic (exact) mass is 521 g/mol. The molecular formula is C30H34BrO3-. The number of alkyl halides is 1. The lowest BCUT2D eigenvalue weighted by Crippen LogP contribution is -2.49. The maximum Gasteiger partial charge on any atom is 0.105 e. The van der Waals surface area contributed by atoms with Crippen LogP contribution < -0.4 is 5.11 Å². The zero-order valence-corrected chi connectivity index (χ0v) is 21.9. The molecule has 2 aliphatic carbocycles. The van der Waals surface area contributed by atoms with Crippen LogP contribution in [0.4, 0.5) is 0 Å². The molecule has 0 amide bonds. The molecule has 0 N–H and O–H groups in total. The third-order valence-corrected chi connectivity index (χ3v) is 9.31. The fourth-order valence-corrected chi connectivity index (χ4v) is 7.20. The summed E-state index contributed by atoms with van der Waals surface area (Å²) in [7, 11) is 0. The lowest BCUT2D eigenvalue weighted by molar-refractivity contribution is -0.321. The summed E-state index contributed by atoms with van der Waals surface area (Å²) in [5.41, 5.74) is 2.33. The number of carboxylic acid groups (broad SMARTS) is 1. The second kappa shape index (κ2) is 9.62. The summed E-state index contributed by atoms with van der Waals surface area (Å²) >= 11 is 3.85. The minimum atomic E-state index is -1.10. The Hall–Kier alpha value is -1.91. The average molecular weight is 523 g/mol. The van der Waals surface area contributed by atoms with Crippen molar-refractivity contribution in [3.05, 3.63) is 59.7 Å². The molecule has 0 saturated heterocycles. The second-order valence-corrected chi connectivity index (χ2v) is 12.1. The van der Waals surface area contributed by atoms with Gasteiger partial charge in [0.05, 0.1) is 12.1 Å². The topological polar surface area (TPSA) is 49.4 Å². The minimum Gasteiger partial charge on any atom is -0.547 e. The van der Waals surface area contributed by atoms with Gasteiger partial charge in [-0.25, -0.2) is 0 Å². The molecule has 3 nitrogen and oxygen atoms in total. The molecule has 6 atom stereocenters. The predicted molar refractivity (Wildman–Crippen MR) is 140 cm³/mol. The number of carbonyl (C=O) groups excluding carboxylic acids is 1. The van der Waals surface area contributed by atoms with E-state index >= 15 is 0 Å². The number of hydrogen-bond donors (Lipinski definition) is 0. The van der Waals surface area contributed by atoms with E-state index in [0.29, 0.717) is 17.8 Å². The largest absolute Gasteiger partial charge is 0.547 e. The first-order valence-electron chi connectivity index (χ1n) is 12.8. The first-order valence-corrected chi connectivity index (χ1v) is 13.7. The van der Waals surface area contributed by atoms with Crippen LogP contribution in [0.1, 0.15) is 63.5 Å². The van der Waals surface area contributed by atoms with Gasteiger partial charge in [-0.2, -0.15) is 0 Å². The highest BCUT2D eigenvalue weighted by Gasteiger charge is 2.40. The standard InChI is InChI=1S/C30H35BrO3/c1-17(2)22-12-8-18(3)14-27(22)34-29(30(32)33)28-25-16-20-10-9-19-6-4-5-7-23(19)24(20)15-21(25)11-13-26(28)31/h4-7,9-10,15-18,22,26-29H,8,11-14H2,1-3H3,(H,32,33)/p-1/t18-,22+,26-,27-,28+,29?/m1/s1. The maximum atomic E-state index is 12.6. The average Bonchev–Trinajstić information content (AvgIpc) is 2.81. The highest BCUT2D eigenvalue weighted by Crippen LogP contribution is 2.44. The molecule has 180 valence electrons. The molecular weight excluding hydrogens is 488 g/mol. The van der Waals surface area contributed by atoms with Crippen LogP contribution in [0.5, 0.6) is 0 Å². The van der Waals surface area contributed by atoms with Gasteiger partial charge in [-0.15, -0.1) is 0 Å². The zero-order valence-electron chi connectivity index (χ0n) is 20.3. The van der Waals surface area contributed by atoms with E-state index in [1.807, 2.05) is 0 Å². The Labute approximate surface area is 211 Å². The Kier molecular flexibility index (Phi) is 6.74. The van der Waals surface area contributed by atoms with E-state index in [1.54, 1.807) is 0 Å². The molecule has 5 rings (SSSR count). The summed E-state index contributed by atoms with van der Waals surface area (Å²) in [4.78, 5) is 12.6. The number of carbonyl (C=O) groups is 1. The van der Waals surface area contributed by atoms with Crippen molar-refractivity contribution in [2.24, 2.45) is 17.8 Å². The van der Waals surface area contributed by atoms with Gasteiger partial charge in [0.1, 0.15) is 6.10 Å². The van der Waals surface area contributed by atoms with E-state index in [0.717, 1.165) is 36.6 Å². The van der Waals surface area contributed by atoms with Crippen LogP contribution in [0, 0.1) is 17.8 Å². The van der Waals surface area contributed by atoms with Gasteiger partial charge in [0.15, 0.2) is 0 Å². The Balaban J connectivity index is 1.56. The lowest BCUT2D eigenvalue weighted by Gasteiger charge is -2.43. The summed E-state index contributed by atoms with van der Waals surface area (Å²) in [5, 5.41) is 17.4. The maximum absolute atomic E-state index is 12.6. The van der Waals surface area contributed by atoms with Crippen LogP contribution in [-0.4, -0.2) is 23.0 Å². The zero-order chi connectivity index (χ0) is 24.0. The molecule has 3 aromatic rings. The van der Waals surface area contributed by atoms with Crippen molar-refractivity contribution < 1.29 is 14.6 Å². The van der Waals surface area contributed by atoms with Crippen molar-refractivity contribution >= 4 is 43.4 Å². The van der Waals surface area contributed by atoms with E-state index in [9.17, 15) is 9.90 Å². The highest BCUT2D eigenvalue weighted by atomic mass is 79.9. The van der Waals surface area contributed by atoms with E-state index < -0.39 is 12.1 Å². The van der Waals surface area contributed by atoms with Gasteiger partial charge >= 0.3 is 0 Å². The summed E-state index contributed by atoms with van der Waals surface area (Å²) in [6.07, 6.45) is 4.01. The number of hydrogen-bond acceptors (Lipinski definition) is 3. The molecule has 34 heavy (non-hydrogen) atoms. The smallest absolute Gasteiger partial charge is 0.105 e. The molecule has 0 radical (unpaired) electrons. The van der Waals surface area contributed by atoms with E-state index in [-0.39, 0.29) is 16.8 Å². The Morgan fingerprint density at radius 3 is 2.56 bits per heavy atom. The molecule has 2 aliphatic rings. The van der Waals surface area contributed by atoms with Crippen molar-refractivity contribution in [1.29, 1.82) is 0 Å². The van der Waals surface area contributed by atoms with Gasteiger partial charge in [-0.1, -0.05) is 91.7 Å². The van der Waals surface area contributed by atoms with Crippen molar-refractivity contribution in [2.75, 3.05) is 0 Å². The van der Waals surface area contributed by atoms with E-state index in [1.165, 1.54) is 28.1 Å². The Morgan fingerprint density at radius 1 is 1.03 bits per heavy atom. The normalized spacial score (nSPS) is 28.2. The Morgan fingerprint density at radius 2 is 1.79 bits per heavy atom. The first-order chi connectivity index (χ1) is 16.3. The van der Waals surface area contributed by atoms with Crippen LogP contribution in [0.3, 0.4) is 0 Å². The van der Waals surface area contributed by atoms with Crippen molar-refractivity contribution in [1.82, 2.24) is 0 Å². The van der Waals surface area contributed by atoms with E-state index in [2.05, 4.69) is 85.2 Å². The third-order valence-electron chi connectivity index (χ3n) is 8.28. The van der Waals surface area contributed by atoms with Gasteiger partial charge in [0.2, 0.25) is 0 Å². The number of aryl methyl sites for hydroxylation is 1. The molecule has 1 saturated carbocycles. The van der Waals surface area contributed by atoms with Crippen LogP contribution in [0.25, 0.3) is 21.5 Å². The van der Waals surface area contributed by atoms with Crippen LogP contribution in [0.15, 0.2) is 48.5 Å². The number of rotatable bonds is 5. The number of benzene rings is 3. The van der Waals surface area contributed by atoms with Crippen LogP contribution >= 0.6 is 15.9 Å². The van der Waals surface area contributed by atoms with Gasteiger partial charge in [-0.3, -0.25) is 0 Å². The molecule has 4 heteroatoms. The summed E-state index contributed by atoms with van der Waals surface area (Å²) in [6.45, 7) is 6.70. The van der Waals surface area contributed by atoms with Crippen molar-refractivity contribution in [2.45, 2.75) is 75.8 Å². The van der Waals surface area contributed by atoms with Crippen molar-refractivity contribution in [3.63, 3.8) is 0 Å². The molecule has 0 heterocycles. The van der Waals surface area contributed by atoms with E-state index in [4.69, 9.17) is 4.74 Å². The fraction of sp³-hybridized carbons (Fsp3) is 0.500. The van der Waals surface area contributed by atoms with Crippen molar-refractivity contribution in [3.8, 4) is 0 Å². The summed E-state index contributed by atoms with van der Waals surface area (Å²) < 4.78 is 6.55. The molecule has 0 aromatic heterocycles. The highest BCUT2D eigenvalue weighted by molar-refractivity contribution is 9.09. The molecule has 0 bridgehead atoms. The number of halogens is 1. The first kappa shape index (κ1) is 23.8.